The summed E-state index contributed by atoms with van der Waals surface area (Å²) < 4.78 is 0. The summed E-state index contributed by atoms with van der Waals surface area (Å²) in [5.41, 5.74) is 3.34. The number of H-pyrrole nitrogens is 1. The van der Waals surface area contributed by atoms with Gasteiger partial charge >= 0.3 is 0 Å². The summed E-state index contributed by atoms with van der Waals surface area (Å²) >= 11 is 0. The molecule has 0 aliphatic heterocycles. The molecule has 0 saturated heterocycles. The van der Waals surface area contributed by atoms with Gasteiger partial charge in [-0.15, -0.1) is 0 Å². The fourth-order valence-electron chi connectivity index (χ4n) is 1.95. The van der Waals surface area contributed by atoms with Gasteiger partial charge in [-0.1, -0.05) is 32.4 Å². The van der Waals surface area contributed by atoms with Gasteiger partial charge in [0.05, 0.1) is 11.7 Å². The van der Waals surface area contributed by atoms with E-state index in [0.29, 0.717) is 0 Å². The molecule has 1 aromatic carbocycles. The maximum Gasteiger partial charge on any atom is 0.126 e. The average molecular weight is 268 g/mol. The van der Waals surface area contributed by atoms with Crippen LogP contribution >= 0.6 is 0 Å². The highest BCUT2D eigenvalue weighted by atomic mass is 15.1. The topological polar surface area (TPSA) is 53.6 Å². The summed E-state index contributed by atoms with van der Waals surface area (Å²) in [6.45, 7) is 4.25. The molecule has 0 aliphatic carbocycles. The van der Waals surface area contributed by atoms with Crippen LogP contribution in [0, 0.1) is 0 Å². The zero-order chi connectivity index (χ0) is 14.4. The third kappa shape index (κ3) is 2.96. The average Bonchev–Trinajstić information content (AvgIpc) is 2.96. The predicted molar refractivity (Wildman–Crippen MR) is 84.8 cm³/mol. The summed E-state index contributed by atoms with van der Waals surface area (Å²) in [6, 6.07) is 10.2. The smallest absolute Gasteiger partial charge is 0.126 e. The highest BCUT2D eigenvalue weighted by Gasteiger charge is 2.05. The monoisotopic (exact) mass is 268 g/mol. The van der Waals surface area contributed by atoms with Gasteiger partial charge in [0.25, 0.3) is 0 Å². The lowest BCUT2D eigenvalue weighted by Crippen LogP contribution is -1.91. The normalized spacial score (nSPS) is 9.95. The fourth-order valence-corrected chi connectivity index (χ4v) is 1.95. The molecular weight excluding hydrogens is 248 g/mol. The van der Waals surface area contributed by atoms with Crippen molar-refractivity contribution >= 4 is 16.7 Å². The Labute approximate surface area is 119 Å². The number of rotatable bonds is 2. The van der Waals surface area contributed by atoms with Gasteiger partial charge in [0.2, 0.25) is 0 Å². The van der Waals surface area contributed by atoms with Crippen molar-refractivity contribution in [3.05, 3.63) is 42.7 Å². The number of hydrogen-bond acceptors (Lipinski definition) is 3. The van der Waals surface area contributed by atoms with Crippen molar-refractivity contribution < 1.29 is 0 Å². The summed E-state index contributed by atoms with van der Waals surface area (Å²) in [5, 5.41) is 11.2. The molecule has 20 heavy (non-hydrogen) atoms. The third-order valence-corrected chi connectivity index (χ3v) is 2.81. The van der Waals surface area contributed by atoms with Crippen molar-refractivity contribution in [3.8, 4) is 11.1 Å². The van der Waals surface area contributed by atoms with Gasteiger partial charge in [-0.3, -0.25) is 5.10 Å². The maximum absolute atomic E-state index is 4.22. The lowest BCUT2D eigenvalue weighted by molar-refractivity contribution is 1.09. The van der Waals surface area contributed by atoms with Crippen molar-refractivity contribution in [2.75, 3.05) is 12.4 Å². The van der Waals surface area contributed by atoms with Crippen LogP contribution in [0.1, 0.15) is 20.3 Å². The maximum atomic E-state index is 4.22. The summed E-state index contributed by atoms with van der Waals surface area (Å²) in [6.07, 6.45) is 4.91. The van der Waals surface area contributed by atoms with Crippen molar-refractivity contribution in [2.24, 2.45) is 0 Å². The molecule has 0 fully saturated rings. The van der Waals surface area contributed by atoms with Crippen LogP contribution in [0.3, 0.4) is 0 Å². The van der Waals surface area contributed by atoms with E-state index in [-0.39, 0.29) is 0 Å². The minimum atomic E-state index is 0.864. The zero-order valence-electron chi connectivity index (χ0n) is 12.1. The van der Waals surface area contributed by atoms with Crippen molar-refractivity contribution in [1.82, 2.24) is 15.2 Å². The number of hydrogen-bond donors (Lipinski definition) is 2. The minimum Gasteiger partial charge on any atom is -0.373 e. The molecule has 2 N–H and O–H groups in total. The van der Waals surface area contributed by atoms with Gasteiger partial charge in [-0.05, 0) is 29.3 Å². The standard InChI is InChI=1S/C13H12N4.C3H8/c1-14-13-7-9(5-6-15-13)10-3-2-4-12-11(10)8-16-17-12;1-3-2/h2-8H,1H3,(H,14,15)(H,16,17);3H2,1-2H3. The Hall–Kier alpha value is -2.36. The highest BCUT2D eigenvalue weighted by molar-refractivity contribution is 5.94. The Bertz CT molecular complexity index is 673. The molecule has 3 rings (SSSR count). The molecule has 0 unspecified atom stereocenters. The van der Waals surface area contributed by atoms with Crippen LogP contribution in [0.15, 0.2) is 42.7 Å². The van der Waals surface area contributed by atoms with Crippen LogP contribution < -0.4 is 5.32 Å². The van der Waals surface area contributed by atoms with E-state index in [0.717, 1.165) is 27.8 Å². The number of nitrogens with zero attached hydrogens (tertiary/aromatic N) is 2. The Balaban J connectivity index is 0.000000452. The summed E-state index contributed by atoms with van der Waals surface area (Å²) in [4.78, 5) is 4.22. The number of nitrogens with one attached hydrogen (secondary N) is 2. The molecule has 0 aliphatic rings. The summed E-state index contributed by atoms with van der Waals surface area (Å²) in [7, 11) is 1.87. The van der Waals surface area contributed by atoms with Gasteiger partial charge in [0.1, 0.15) is 5.82 Å². The first kappa shape index (κ1) is 14.1. The number of pyridine rings is 1. The second-order valence-electron chi connectivity index (χ2n) is 4.52. The first-order valence-corrected chi connectivity index (χ1v) is 6.86. The minimum absolute atomic E-state index is 0.864. The van der Waals surface area contributed by atoms with Crippen LogP contribution in [0.2, 0.25) is 0 Å². The predicted octanol–water partition coefficient (Wildman–Crippen LogP) is 4.08. The molecule has 0 amide bonds. The van der Waals surface area contributed by atoms with E-state index in [1.807, 2.05) is 37.5 Å². The SMILES string of the molecule is CCC.CNc1cc(-c2cccc3[nH]ncc23)ccn1. The lowest BCUT2D eigenvalue weighted by Gasteiger charge is -2.05. The molecule has 3 aromatic rings. The van der Waals surface area contributed by atoms with E-state index in [4.69, 9.17) is 0 Å². The Morgan fingerprint density at radius 1 is 1.20 bits per heavy atom. The van der Waals surface area contributed by atoms with Gasteiger partial charge in [0.15, 0.2) is 0 Å². The molecule has 2 heterocycles. The van der Waals surface area contributed by atoms with Crippen molar-refractivity contribution in [3.63, 3.8) is 0 Å². The second kappa shape index (κ2) is 6.70. The summed E-state index contributed by atoms with van der Waals surface area (Å²) in [5.74, 6) is 0.864. The second-order valence-corrected chi connectivity index (χ2v) is 4.52. The van der Waals surface area contributed by atoms with Crippen LogP contribution in [-0.4, -0.2) is 22.2 Å². The number of aromatic nitrogens is 3. The van der Waals surface area contributed by atoms with E-state index in [1.54, 1.807) is 6.20 Å². The van der Waals surface area contributed by atoms with Crippen LogP contribution in [-0.2, 0) is 0 Å². The molecule has 4 heteroatoms. The molecule has 0 spiro atoms. The molecule has 0 atom stereocenters. The van der Waals surface area contributed by atoms with E-state index in [2.05, 4.69) is 40.4 Å². The quantitative estimate of drug-likeness (QED) is 0.736. The number of benzene rings is 1. The van der Waals surface area contributed by atoms with Crippen LogP contribution in [0.4, 0.5) is 5.82 Å². The largest absolute Gasteiger partial charge is 0.373 e. The Morgan fingerprint density at radius 2 is 2.00 bits per heavy atom. The van der Waals surface area contributed by atoms with Gasteiger partial charge in [-0.25, -0.2) is 4.98 Å². The molecular formula is C16H20N4. The molecule has 0 radical (unpaired) electrons. The number of fused-ring (bicyclic) bond motifs is 1. The van der Waals surface area contributed by atoms with Crippen molar-refractivity contribution in [2.45, 2.75) is 20.3 Å². The number of anilines is 1. The molecule has 0 saturated carbocycles. The lowest BCUT2D eigenvalue weighted by atomic mass is 10.0. The third-order valence-electron chi connectivity index (χ3n) is 2.81. The van der Waals surface area contributed by atoms with E-state index in [9.17, 15) is 0 Å². The fraction of sp³-hybridized carbons (Fsp3) is 0.250. The Morgan fingerprint density at radius 3 is 2.75 bits per heavy atom. The molecule has 0 bridgehead atoms. The molecule has 4 nitrogen and oxygen atoms in total. The van der Waals surface area contributed by atoms with Gasteiger partial charge in [0, 0.05) is 18.6 Å². The Kier molecular flexibility index (Phi) is 4.71. The first-order chi connectivity index (χ1) is 9.80. The first-order valence-electron chi connectivity index (χ1n) is 6.86. The van der Waals surface area contributed by atoms with Gasteiger partial charge < -0.3 is 5.32 Å². The molecule has 2 aromatic heterocycles. The van der Waals surface area contributed by atoms with Crippen LogP contribution in [0.25, 0.3) is 22.0 Å². The van der Waals surface area contributed by atoms with Crippen LogP contribution in [0.5, 0.6) is 0 Å². The van der Waals surface area contributed by atoms with E-state index < -0.39 is 0 Å². The molecule has 104 valence electrons. The highest BCUT2D eigenvalue weighted by Crippen LogP contribution is 2.28. The number of aromatic amines is 1. The zero-order valence-corrected chi connectivity index (χ0v) is 12.1. The van der Waals surface area contributed by atoms with Crippen molar-refractivity contribution in [1.29, 1.82) is 0 Å². The van der Waals surface area contributed by atoms with E-state index in [1.165, 1.54) is 6.42 Å². The van der Waals surface area contributed by atoms with E-state index >= 15 is 0 Å². The van der Waals surface area contributed by atoms with Gasteiger partial charge in [-0.2, -0.15) is 5.10 Å².